The molecular formula is C14H16O3. The highest BCUT2D eigenvalue weighted by Crippen LogP contribution is 2.49. The van der Waals surface area contributed by atoms with Crippen LogP contribution in [0, 0.1) is 5.41 Å². The molecule has 3 rings (SSSR count). The van der Waals surface area contributed by atoms with E-state index in [4.69, 9.17) is 4.74 Å². The monoisotopic (exact) mass is 232 g/mol. The van der Waals surface area contributed by atoms with Crippen molar-refractivity contribution in [1.82, 2.24) is 0 Å². The lowest BCUT2D eigenvalue weighted by Gasteiger charge is -2.35. The Morgan fingerprint density at radius 1 is 1.41 bits per heavy atom. The van der Waals surface area contributed by atoms with Crippen LogP contribution in [-0.4, -0.2) is 17.0 Å². The number of phenols is 1. The van der Waals surface area contributed by atoms with Crippen molar-refractivity contribution >= 4 is 5.78 Å². The highest BCUT2D eigenvalue weighted by Gasteiger charge is 2.47. The van der Waals surface area contributed by atoms with Crippen molar-refractivity contribution in [2.75, 3.05) is 0 Å². The molecule has 3 heteroatoms. The normalized spacial score (nSPS) is 29.4. The van der Waals surface area contributed by atoms with E-state index in [1.807, 2.05) is 0 Å². The average Bonchev–Trinajstić information content (AvgIpc) is 2.52. The van der Waals surface area contributed by atoms with Gasteiger partial charge in [-0.25, -0.2) is 0 Å². The summed E-state index contributed by atoms with van der Waals surface area (Å²) in [7, 11) is 0. The third kappa shape index (κ3) is 1.61. The van der Waals surface area contributed by atoms with E-state index in [1.165, 1.54) is 0 Å². The van der Waals surface area contributed by atoms with Gasteiger partial charge in [0.05, 0.1) is 5.92 Å². The number of carbonyl (C=O) groups excluding carboxylic acids is 1. The first-order valence-corrected chi connectivity index (χ1v) is 5.99. The molecule has 2 unspecified atom stereocenters. The summed E-state index contributed by atoms with van der Waals surface area (Å²) in [4.78, 5) is 12.2. The van der Waals surface area contributed by atoms with Crippen molar-refractivity contribution in [2.45, 2.75) is 38.7 Å². The number of ether oxygens (including phenoxy) is 1. The van der Waals surface area contributed by atoms with Crippen LogP contribution in [0.4, 0.5) is 0 Å². The van der Waals surface area contributed by atoms with Crippen LogP contribution < -0.4 is 4.74 Å². The summed E-state index contributed by atoms with van der Waals surface area (Å²) in [5.74, 6) is 1.01. The number of fused-ring (bicyclic) bond motifs is 3. The summed E-state index contributed by atoms with van der Waals surface area (Å²) in [6.07, 6.45) is 1.42. The quantitative estimate of drug-likeness (QED) is 0.748. The van der Waals surface area contributed by atoms with Gasteiger partial charge in [-0.1, -0.05) is 13.8 Å². The van der Waals surface area contributed by atoms with E-state index in [0.717, 1.165) is 17.7 Å². The summed E-state index contributed by atoms with van der Waals surface area (Å²) in [5, 5.41) is 9.51. The zero-order chi connectivity index (χ0) is 12.2. The van der Waals surface area contributed by atoms with Gasteiger partial charge in [-0.05, 0) is 30.0 Å². The molecule has 90 valence electrons. The molecule has 1 saturated carbocycles. The number of ketones is 1. The number of rotatable bonds is 0. The molecule has 2 aliphatic rings. The van der Waals surface area contributed by atoms with E-state index in [9.17, 15) is 9.90 Å². The molecule has 0 amide bonds. The smallest absolute Gasteiger partial charge is 0.144 e. The Labute approximate surface area is 100 Å². The Morgan fingerprint density at radius 2 is 2.18 bits per heavy atom. The highest BCUT2D eigenvalue weighted by molar-refractivity contribution is 5.89. The van der Waals surface area contributed by atoms with E-state index in [-0.39, 0.29) is 29.0 Å². The van der Waals surface area contributed by atoms with Crippen LogP contribution in [0.15, 0.2) is 18.2 Å². The van der Waals surface area contributed by atoms with E-state index < -0.39 is 0 Å². The maximum Gasteiger partial charge on any atom is 0.144 e. The molecule has 2 atom stereocenters. The fraction of sp³-hybridized carbons (Fsp3) is 0.500. The lowest BCUT2D eigenvalue weighted by atomic mass is 9.69. The van der Waals surface area contributed by atoms with Gasteiger partial charge in [0.25, 0.3) is 0 Å². The van der Waals surface area contributed by atoms with Crippen LogP contribution in [-0.2, 0) is 4.79 Å². The van der Waals surface area contributed by atoms with Crippen molar-refractivity contribution in [2.24, 2.45) is 5.41 Å². The number of Topliss-reactive ketones (excluding diaryl/α,β-unsaturated/α-hetero) is 1. The van der Waals surface area contributed by atoms with Gasteiger partial charge in [0.15, 0.2) is 0 Å². The molecule has 1 aromatic carbocycles. The van der Waals surface area contributed by atoms with Crippen molar-refractivity contribution in [3.63, 3.8) is 0 Å². The highest BCUT2D eigenvalue weighted by atomic mass is 16.5. The molecule has 1 fully saturated rings. The van der Waals surface area contributed by atoms with Crippen LogP contribution in [0.5, 0.6) is 11.5 Å². The minimum atomic E-state index is -0.176. The molecule has 3 nitrogen and oxygen atoms in total. The summed E-state index contributed by atoms with van der Waals surface area (Å²) in [5.41, 5.74) is 0.873. The molecule has 0 spiro atoms. The summed E-state index contributed by atoms with van der Waals surface area (Å²) in [6, 6.07) is 5.02. The molecule has 1 heterocycles. The SMILES string of the molecule is CC1(C)CC(=O)C2c3cc(O)ccc3OC2C1. The van der Waals surface area contributed by atoms with Crippen molar-refractivity contribution in [3.05, 3.63) is 23.8 Å². The number of hydrogen-bond donors (Lipinski definition) is 1. The first kappa shape index (κ1) is 10.6. The summed E-state index contributed by atoms with van der Waals surface area (Å²) >= 11 is 0. The Kier molecular flexibility index (Phi) is 2.03. The molecule has 1 aliphatic heterocycles. The maximum atomic E-state index is 12.2. The lowest BCUT2D eigenvalue weighted by Crippen LogP contribution is -2.38. The number of aromatic hydroxyl groups is 1. The predicted octanol–water partition coefficient (Wildman–Crippen LogP) is 2.63. The van der Waals surface area contributed by atoms with Gasteiger partial charge in [-0.15, -0.1) is 0 Å². The first-order valence-electron chi connectivity index (χ1n) is 5.99. The fourth-order valence-electron chi connectivity index (χ4n) is 3.06. The van der Waals surface area contributed by atoms with Gasteiger partial charge in [-0.3, -0.25) is 4.79 Å². The van der Waals surface area contributed by atoms with Gasteiger partial charge >= 0.3 is 0 Å². The van der Waals surface area contributed by atoms with Gasteiger partial charge in [-0.2, -0.15) is 0 Å². The second-order valence-electron chi connectivity index (χ2n) is 5.87. The molecule has 0 radical (unpaired) electrons. The predicted molar refractivity (Wildman–Crippen MR) is 63.3 cm³/mol. The van der Waals surface area contributed by atoms with Crippen molar-refractivity contribution in [1.29, 1.82) is 0 Å². The first-order chi connectivity index (χ1) is 7.96. The van der Waals surface area contributed by atoms with Gasteiger partial charge < -0.3 is 9.84 Å². The average molecular weight is 232 g/mol. The Balaban J connectivity index is 2.03. The van der Waals surface area contributed by atoms with E-state index in [2.05, 4.69) is 13.8 Å². The molecule has 1 aliphatic carbocycles. The zero-order valence-corrected chi connectivity index (χ0v) is 10.1. The van der Waals surface area contributed by atoms with E-state index in [1.54, 1.807) is 18.2 Å². The molecule has 1 N–H and O–H groups in total. The van der Waals surface area contributed by atoms with Crippen LogP contribution in [0.2, 0.25) is 0 Å². The third-order valence-corrected chi connectivity index (χ3v) is 3.73. The molecule has 0 bridgehead atoms. The maximum absolute atomic E-state index is 12.2. The fourth-order valence-corrected chi connectivity index (χ4v) is 3.06. The largest absolute Gasteiger partial charge is 0.508 e. The Hall–Kier alpha value is -1.51. The van der Waals surface area contributed by atoms with Gasteiger partial charge in [0.2, 0.25) is 0 Å². The van der Waals surface area contributed by atoms with E-state index >= 15 is 0 Å². The minimum Gasteiger partial charge on any atom is -0.508 e. The third-order valence-electron chi connectivity index (χ3n) is 3.73. The second kappa shape index (κ2) is 3.25. The molecular weight excluding hydrogens is 216 g/mol. The van der Waals surface area contributed by atoms with Crippen molar-refractivity contribution < 1.29 is 14.6 Å². The van der Waals surface area contributed by atoms with Crippen LogP contribution in [0.1, 0.15) is 38.2 Å². The molecule has 0 aromatic heterocycles. The second-order valence-corrected chi connectivity index (χ2v) is 5.87. The standard InChI is InChI=1S/C14H16O3/c1-14(2)6-10(16)13-9-5-8(15)3-4-11(9)17-12(13)7-14/h3-5,12-13,15H,6-7H2,1-2H3. The van der Waals surface area contributed by atoms with E-state index in [0.29, 0.717) is 6.42 Å². The molecule has 17 heavy (non-hydrogen) atoms. The van der Waals surface area contributed by atoms with Crippen LogP contribution >= 0.6 is 0 Å². The lowest BCUT2D eigenvalue weighted by molar-refractivity contribution is -0.127. The summed E-state index contributed by atoms with van der Waals surface area (Å²) < 4.78 is 5.84. The summed E-state index contributed by atoms with van der Waals surface area (Å²) in [6.45, 7) is 4.20. The Bertz CT molecular complexity index is 490. The zero-order valence-electron chi connectivity index (χ0n) is 10.1. The molecule has 1 aromatic rings. The minimum absolute atomic E-state index is 0.0162. The van der Waals surface area contributed by atoms with Gasteiger partial charge in [0.1, 0.15) is 23.4 Å². The van der Waals surface area contributed by atoms with Crippen LogP contribution in [0.3, 0.4) is 0 Å². The number of benzene rings is 1. The topological polar surface area (TPSA) is 46.5 Å². The Morgan fingerprint density at radius 3 is 2.94 bits per heavy atom. The van der Waals surface area contributed by atoms with Crippen LogP contribution in [0.25, 0.3) is 0 Å². The van der Waals surface area contributed by atoms with Crippen molar-refractivity contribution in [3.8, 4) is 11.5 Å². The number of hydrogen-bond acceptors (Lipinski definition) is 3. The number of phenolic OH excluding ortho intramolecular Hbond substituents is 1. The number of carbonyl (C=O) groups is 1. The van der Waals surface area contributed by atoms with Gasteiger partial charge in [0, 0.05) is 12.0 Å². The molecule has 0 saturated heterocycles.